The quantitative estimate of drug-likeness (QED) is 0.516. The molecule has 3 aromatic carbocycles. The zero-order valence-corrected chi connectivity index (χ0v) is 16.5. The summed E-state index contributed by atoms with van der Waals surface area (Å²) >= 11 is 1.72. The van der Waals surface area contributed by atoms with Crippen LogP contribution < -0.4 is 9.64 Å². The van der Waals surface area contributed by atoms with E-state index in [0.29, 0.717) is 6.61 Å². The van der Waals surface area contributed by atoms with Gasteiger partial charge in [-0.3, -0.25) is 0 Å². The van der Waals surface area contributed by atoms with E-state index < -0.39 is 0 Å². The Morgan fingerprint density at radius 1 is 0.931 bits per heavy atom. The van der Waals surface area contributed by atoms with Crippen molar-refractivity contribution in [2.75, 3.05) is 11.5 Å². The molecule has 3 aliphatic rings. The number of allylic oxidation sites excluding steroid dienone is 1. The van der Waals surface area contributed by atoms with Crippen molar-refractivity contribution in [2.45, 2.75) is 16.9 Å². The lowest BCUT2D eigenvalue weighted by molar-refractivity contribution is 0.176. The van der Waals surface area contributed by atoms with Crippen LogP contribution in [0.1, 0.15) is 23.1 Å². The maximum atomic E-state index is 10.2. The molecule has 3 aliphatic heterocycles. The average Bonchev–Trinajstić information content (AvgIpc) is 3.17. The second-order valence-electron chi connectivity index (χ2n) is 7.62. The summed E-state index contributed by atoms with van der Waals surface area (Å²) in [4.78, 5) is 3.59. The first-order valence-corrected chi connectivity index (χ1v) is 10.7. The molecule has 0 aromatic heterocycles. The van der Waals surface area contributed by atoms with E-state index >= 15 is 0 Å². The van der Waals surface area contributed by atoms with Gasteiger partial charge in [0.1, 0.15) is 5.75 Å². The Balaban J connectivity index is 1.64. The zero-order valence-electron chi connectivity index (χ0n) is 15.7. The second-order valence-corrected chi connectivity index (χ2v) is 8.65. The van der Waals surface area contributed by atoms with Gasteiger partial charge < -0.3 is 9.64 Å². The van der Waals surface area contributed by atoms with Gasteiger partial charge in [0.2, 0.25) is 0 Å². The average molecular weight is 394 g/mol. The minimum Gasteiger partial charge on any atom is -0.493 e. The minimum atomic E-state index is 0.0446. The summed E-state index contributed by atoms with van der Waals surface area (Å²) in [6, 6.07) is 30.0. The molecule has 29 heavy (non-hydrogen) atoms. The lowest BCUT2D eigenvalue weighted by Gasteiger charge is -2.47. The molecule has 0 aliphatic carbocycles. The number of para-hydroxylation sites is 2. The van der Waals surface area contributed by atoms with E-state index in [2.05, 4.69) is 71.6 Å². The Labute approximate surface area is 174 Å². The summed E-state index contributed by atoms with van der Waals surface area (Å²) in [7, 11) is 0. The predicted octanol–water partition coefficient (Wildman–Crippen LogP) is 5.88. The van der Waals surface area contributed by atoms with Crippen molar-refractivity contribution in [1.82, 2.24) is 0 Å². The van der Waals surface area contributed by atoms with Gasteiger partial charge in [0, 0.05) is 22.3 Å². The van der Waals surface area contributed by atoms with Gasteiger partial charge in [0.05, 0.1) is 35.0 Å². The summed E-state index contributed by atoms with van der Waals surface area (Å²) in [5, 5.41) is 11.3. The molecule has 0 saturated heterocycles. The predicted molar refractivity (Wildman–Crippen MR) is 115 cm³/mol. The highest BCUT2D eigenvalue weighted by Crippen LogP contribution is 2.61. The van der Waals surface area contributed by atoms with Gasteiger partial charge in [0.15, 0.2) is 0 Å². The Morgan fingerprint density at radius 3 is 2.55 bits per heavy atom. The molecule has 3 heterocycles. The van der Waals surface area contributed by atoms with Crippen molar-refractivity contribution in [3.05, 3.63) is 101 Å². The highest BCUT2D eigenvalue weighted by Gasteiger charge is 2.50. The van der Waals surface area contributed by atoms with E-state index in [1.165, 1.54) is 16.1 Å². The highest BCUT2D eigenvalue weighted by atomic mass is 32.2. The Morgan fingerprint density at radius 2 is 1.69 bits per heavy atom. The number of nitrogens with zero attached hydrogens (tertiary/aromatic N) is 2. The Hall–Kier alpha value is -3.16. The molecule has 0 bridgehead atoms. The molecule has 6 rings (SSSR count). The third kappa shape index (κ3) is 2.38. The molecule has 0 unspecified atom stereocenters. The summed E-state index contributed by atoms with van der Waals surface area (Å²) in [5.74, 6) is 1.11. The van der Waals surface area contributed by atoms with Crippen LogP contribution in [0.25, 0.3) is 0 Å². The molecule has 0 amide bonds. The van der Waals surface area contributed by atoms with Crippen molar-refractivity contribution in [3.63, 3.8) is 0 Å². The fourth-order valence-electron chi connectivity index (χ4n) is 4.98. The van der Waals surface area contributed by atoms with E-state index in [1.807, 2.05) is 18.2 Å². The first-order chi connectivity index (χ1) is 14.4. The standard InChI is InChI=1S/C25H18N2OS/c26-14-18-23-17-10-4-6-12-21(17)28-15-19(23)24(16-8-2-1-3-9-16)27-20-11-5-7-13-22(20)29-25(18)27/h1-13,19,23-24H,15H2/t19-,23+,24+/m0/s1. The molecule has 0 radical (unpaired) electrons. The third-order valence-corrected chi connectivity index (χ3v) is 7.33. The SMILES string of the molecule is N#CC1=C2Sc3ccccc3N2[C@H](c2ccccc2)[C@H]2COc3ccccc3[C@H]12. The Kier molecular flexibility index (Phi) is 3.72. The highest BCUT2D eigenvalue weighted by molar-refractivity contribution is 8.03. The monoisotopic (exact) mass is 394 g/mol. The first kappa shape index (κ1) is 16.8. The van der Waals surface area contributed by atoms with E-state index in [4.69, 9.17) is 4.74 Å². The van der Waals surface area contributed by atoms with Gasteiger partial charge in [-0.1, -0.05) is 72.4 Å². The van der Waals surface area contributed by atoms with E-state index in [0.717, 1.165) is 21.9 Å². The van der Waals surface area contributed by atoms with E-state index in [-0.39, 0.29) is 17.9 Å². The number of hydrogen-bond donors (Lipinski definition) is 0. The van der Waals surface area contributed by atoms with Gasteiger partial charge in [-0.05, 0) is 23.8 Å². The number of rotatable bonds is 1. The lowest BCUT2D eigenvalue weighted by Crippen LogP contribution is -2.44. The van der Waals surface area contributed by atoms with Crippen LogP contribution in [-0.4, -0.2) is 6.61 Å². The van der Waals surface area contributed by atoms with Gasteiger partial charge in [-0.25, -0.2) is 0 Å². The number of thioether (sulfide) groups is 1. The fraction of sp³-hybridized carbons (Fsp3) is 0.160. The van der Waals surface area contributed by atoms with Crippen molar-refractivity contribution in [1.29, 1.82) is 5.26 Å². The molecular weight excluding hydrogens is 376 g/mol. The summed E-state index contributed by atoms with van der Waals surface area (Å²) in [5.41, 5.74) is 4.44. The summed E-state index contributed by atoms with van der Waals surface area (Å²) in [6.45, 7) is 0.600. The van der Waals surface area contributed by atoms with Crippen LogP contribution in [-0.2, 0) is 0 Å². The zero-order chi connectivity index (χ0) is 19.4. The van der Waals surface area contributed by atoms with Crippen LogP contribution in [0.5, 0.6) is 5.75 Å². The molecule has 0 saturated carbocycles. The van der Waals surface area contributed by atoms with Gasteiger partial charge in [0.25, 0.3) is 0 Å². The van der Waals surface area contributed by atoms with Crippen LogP contribution in [0.4, 0.5) is 5.69 Å². The fourth-order valence-corrected chi connectivity index (χ4v) is 6.20. The minimum absolute atomic E-state index is 0.0446. The van der Waals surface area contributed by atoms with Crippen LogP contribution >= 0.6 is 11.8 Å². The molecule has 3 atom stereocenters. The normalized spacial score (nSPS) is 24.0. The number of ether oxygens (including phenoxy) is 1. The molecule has 0 fully saturated rings. The lowest BCUT2D eigenvalue weighted by atomic mass is 9.71. The van der Waals surface area contributed by atoms with Crippen molar-refractivity contribution < 1.29 is 4.74 Å². The van der Waals surface area contributed by atoms with Crippen molar-refractivity contribution >= 4 is 17.4 Å². The van der Waals surface area contributed by atoms with Gasteiger partial charge >= 0.3 is 0 Å². The first-order valence-electron chi connectivity index (χ1n) is 9.84. The third-order valence-electron chi connectivity index (χ3n) is 6.15. The smallest absolute Gasteiger partial charge is 0.123 e. The van der Waals surface area contributed by atoms with Crippen LogP contribution in [0.2, 0.25) is 0 Å². The number of benzene rings is 3. The van der Waals surface area contributed by atoms with E-state index in [9.17, 15) is 5.26 Å². The van der Waals surface area contributed by atoms with E-state index in [1.54, 1.807) is 11.8 Å². The largest absolute Gasteiger partial charge is 0.493 e. The summed E-state index contributed by atoms with van der Waals surface area (Å²) in [6.07, 6.45) is 0. The molecule has 0 N–H and O–H groups in total. The molecule has 0 spiro atoms. The molecule has 3 aromatic rings. The molecular formula is C25H18N2OS. The van der Waals surface area contributed by atoms with Gasteiger partial charge in [-0.2, -0.15) is 5.26 Å². The maximum absolute atomic E-state index is 10.2. The number of hydrogen-bond acceptors (Lipinski definition) is 4. The van der Waals surface area contributed by atoms with Crippen molar-refractivity contribution in [2.24, 2.45) is 5.92 Å². The number of nitriles is 1. The van der Waals surface area contributed by atoms with Crippen molar-refractivity contribution in [3.8, 4) is 11.8 Å². The molecule has 3 nitrogen and oxygen atoms in total. The maximum Gasteiger partial charge on any atom is 0.123 e. The number of fused-ring (bicyclic) bond motifs is 6. The van der Waals surface area contributed by atoms with Crippen LogP contribution in [0, 0.1) is 17.2 Å². The second kappa shape index (κ2) is 6.43. The Bertz CT molecular complexity index is 1180. The topological polar surface area (TPSA) is 36.3 Å². The number of anilines is 1. The summed E-state index contributed by atoms with van der Waals surface area (Å²) < 4.78 is 6.21. The molecule has 4 heteroatoms. The van der Waals surface area contributed by atoms with Crippen LogP contribution in [0.15, 0.2) is 94.4 Å². The van der Waals surface area contributed by atoms with Crippen LogP contribution in [0.3, 0.4) is 0 Å². The van der Waals surface area contributed by atoms with Gasteiger partial charge in [-0.15, -0.1) is 0 Å². The molecule has 140 valence electrons.